The Balaban J connectivity index is 1.95. The Labute approximate surface area is 156 Å². The predicted octanol–water partition coefficient (Wildman–Crippen LogP) is 4.45. The summed E-state index contributed by atoms with van der Waals surface area (Å²) in [5.74, 6) is 0.647. The van der Waals surface area contributed by atoms with Crippen molar-refractivity contribution in [1.29, 1.82) is 0 Å². The zero-order chi connectivity index (χ0) is 17.8. The number of aromatic amines is 1. The maximum Gasteiger partial charge on any atom is 0.216 e. The normalized spacial score (nSPS) is 11.5. The van der Waals surface area contributed by atoms with Crippen molar-refractivity contribution in [1.82, 2.24) is 24.7 Å². The molecule has 0 fully saturated rings. The summed E-state index contributed by atoms with van der Waals surface area (Å²) in [6.45, 7) is 4.85. The van der Waals surface area contributed by atoms with E-state index in [-0.39, 0.29) is 0 Å². The van der Waals surface area contributed by atoms with Crippen LogP contribution in [0, 0.1) is 11.7 Å². The van der Waals surface area contributed by atoms with Gasteiger partial charge in [-0.05, 0) is 25.6 Å². The first-order valence-corrected chi connectivity index (χ1v) is 8.90. The van der Waals surface area contributed by atoms with Gasteiger partial charge in [0.15, 0.2) is 5.82 Å². The molecule has 0 saturated heterocycles. The Bertz CT molecular complexity index is 938. The first-order chi connectivity index (χ1) is 12.1. The van der Waals surface area contributed by atoms with Gasteiger partial charge in [0.2, 0.25) is 4.77 Å². The third-order valence-electron chi connectivity index (χ3n) is 3.82. The van der Waals surface area contributed by atoms with Gasteiger partial charge in [0.05, 0.1) is 17.5 Å². The number of aromatic nitrogens is 5. The lowest BCUT2D eigenvalue weighted by molar-refractivity contribution is 0.569. The van der Waals surface area contributed by atoms with Crippen LogP contribution in [0.25, 0.3) is 11.4 Å². The molecule has 1 N–H and O–H groups in total. The molecule has 0 bridgehead atoms. The van der Waals surface area contributed by atoms with Crippen molar-refractivity contribution in [3.05, 3.63) is 51.5 Å². The van der Waals surface area contributed by atoms with Crippen LogP contribution >= 0.6 is 23.8 Å². The minimum Gasteiger partial charge on any atom is -0.253 e. The third kappa shape index (κ3) is 3.72. The maximum absolute atomic E-state index is 6.45. The topological polar surface area (TPSA) is 63.8 Å². The van der Waals surface area contributed by atoms with Gasteiger partial charge in [-0.25, -0.2) is 5.10 Å². The molecule has 130 valence electrons. The first-order valence-electron chi connectivity index (χ1n) is 8.12. The second-order valence-corrected chi connectivity index (χ2v) is 6.39. The number of aryl methyl sites for hydroxylation is 2. The number of hydrogen-bond acceptors (Lipinski definition) is 4. The van der Waals surface area contributed by atoms with Crippen LogP contribution in [-0.2, 0) is 6.54 Å². The number of benzene rings is 1. The molecule has 8 heteroatoms. The van der Waals surface area contributed by atoms with Gasteiger partial charge in [0, 0.05) is 12.1 Å². The van der Waals surface area contributed by atoms with Crippen LogP contribution in [0.5, 0.6) is 0 Å². The summed E-state index contributed by atoms with van der Waals surface area (Å²) in [5, 5.41) is 16.6. The fourth-order valence-corrected chi connectivity index (χ4v) is 2.95. The lowest BCUT2D eigenvalue weighted by Gasteiger charge is -2.01. The Morgan fingerprint density at radius 2 is 2.08 bits per heavy atom. The molecule has 2 heterocycles. The molecule has 0 spiro atoms. The van der Waals surface area contributed by atoms with Crippen LogP contribution in [0.4, 0.5) is 0 Å². The van der Waals surface area contributed by atoms with Gasteiger partial charge in [-0.1, -0.05) is 55.3 Å². The van der Waals surface area contributed by atoms with Crippen molar-refractivity contribution in [2.45, 2.75) is 33.2 Å². The Morgan fingerprint density at radius 1 is 1.32 bits per heavy atom. The molecular formula is C17H19ClN6S. The lowest BCUT2D eigenvalue weighted by atomic mass is 10.2. The summed E-state index contributed by atoms with van der Waals surface area (Å²) in [6.07, 6.45) is 3.80. The van der Waals surface area contributed by atoms with Crippen LogP contribution in [-0.4, -0.2) is 30.9 Å². The Morgan fingerprint density at radius 3 is 2.80 bits per heavy atom. The average Bonchev–Trinajstić information content (AvgIpc) is 3.12. The van der Waals surface area contributed by atoms with E-state index in [0.717, 1.165) is 36.2 Å². The lowest BCUT2D eigenvalue weighted by Crippen LogP contribution is -2.00. The number of rotatable bonds is 6. The Hall–Kier alpha value is -2.25. The van der Waals surface area contributed by atoms with E-state index in [4.69, 9.17) is 23.8 Å². The van der Waals surface area contributed by atoms with Gasteiger partial charge in [-0.15, -0.1) is 0 Å². The number of nitrogens with one attached hydrogen (secondary N) is 1. The minimum absolute atomic E-state index is 0.419. The highest BCUT2D eigenvalue weighted by atomic mass is 35.5. The number of H-pyrrole nitrogens is 1. The van der Waals surface area contributed by atoms with Crippen molar-refractivity contribution in [2.75, 3.05) is 0 Å². The molecule has 25 heavy (non-hydrogen) atoms. The molecule has 3 aromatic rings. The summed E-state index contributed by atoms with van der Waals surface area (Å²) in [5.41, 5.74) is 2.55. The maximum atomic E-state index is 6.45. The quantitative estimate of drug-likeness (QED) is 0.512. The van der Waals surface area contributed by atoms with E-state index < -0.39 is 0 Å². The smallest absolute Gasteiger partial charge is 0.216 e. The summed E-state index contributed by atoms with van der Waals surface area (Å²) in [7, 11) is 0. The highest BCUT2D eigenvalue weighted by Crippen LogP contribution is 2.20. The largest absolute Gasteiger partial charge is 0.253 e. The highest BCUT2D eigenvalue weighted by molar-refractivity contribution is 7.71. The molecule has 3 rings (SSSR count). The second kappa shape index (κ2) is 7.76. The molecular weight excluding hydrogens is 356 g/mol. The molecule has 0 aliphatic rings. The van der Waals surface area contributed by atoms with E-state index in [1.54, 1.807) is 10.9 Å². The molecule has 0 radical (unpaired) electrons. The van der Waals surface area contributed by atoms with Crippen molar-refractivity contribution in [2.24, 2.45) is 5.10 Å². The zero-order valence-electron chi connectivity index (χ0n) is 14.1. The molecule has 6 nitrogen and oxygen atoms in total. The molecule has 2 aromatic heterocycles. The summed E-state index contributed by atoms with van der Waals surface area (Å²) in [6, 6.07) is 9.75. The monoisotopic (exact) mass is 374 g/mol. The highest BCUT2D eigenvalue weighted by Gasteiger charge is 2.12. The molecule has 0 saturated carbocycles. The average molecular weight is 375 g/mol. The van der Waals surface area contributed by atoms with Crippen molar-refractivity contribution < 1.29 is 0 Å². The summed E-state index contributed by atoms with van der Waals surface area (Å²) in [4.78, 5) is 0. The van der Waals surface area contributed by atoms with Gasteiger partial charge in [-0.3, -0.25) is 4.68 Å². The zero-order valence-corrected chi connectivity index (χ0v) is 15.7. The van der Waals surface area contributed by atoms with E-state index in [0.29, 0.717) is 15.7 Å². The predicted molar refractivity (Wildman–Crippen MR) is 103 cm³/mol. The van der Waals surface area contributed by atoms with Gasteiger partial charge in [0.25, 0.3) is 0 Å². The standard InChI is InChI=1S/C17H19ClN6S/c1-3-4-10-23-15(18)14(12(2)22-23)11-19-24-16(20-21-17(24)25)13-8-6-5-7-9-13/h5-9,11H,3-4,10H2,1-2H3,(H,21,25)/b19-11+. The van der Waals surface area contributed by atoms with E-state index in [2.05, 4.69) is 27.3 Å². The van der Waals surface area contributed by atoms with Gasteiger partial charge < -0.3 is 0 Å². The fourth-order valence-electron chi connectivity index (χ4n) is 2.46. The van der Waals surface area contributed by atoms with Crippen LogP contribution < -0.4 is 0 Å². The third-order valence-corrected chi connectivity index (χ3v) is 4.48. The fraction of sp³-hybridized carbons (Fsp3) is 0.294. The van der Waals surface area contributed by atoms with E-state index in [1.165, 1.54) is 0 Å². The minimum atomic E-state index is 0.419. The summed E-state index contributed by atoms with van der Waals surface area (Å²) >= 11 is 11.7. The summed E-state index contributed by atoms with van der Waals surface area (Å²) < 4.78 is 3.82. The van der Waals surface area contributed by atoms with E-state index in [9.17, 15) is 0 Å². The SMILES string of the molecule is CCCCn1nc(C)c(/C=N/n2c(-c3ccccc3)n[nH]c2=S)c1Cl. The second-order valence-electron chi connectivity index (χ2n) is 5.64. The van der Waals surface area contributed by atoms with E-state index >= 15 is 0 Å². The molecule has 0 atom stereocenters. The van der Waals surface area contributed by atoms with Crippen molar-refractivity contribution >= 4 is 30.0 Å². The molecule has 0 unspecified atom stereocenters. The molecule has 0 amide bonds. The number of nitrogens with zero attached hydrogens (tertiary/aromatic N) is 5. The van der Waals surface area contributed by atoms with Crippen LogP contribution in [0.2, 0.25) is 5.15 Å². The first kappa shape index (κ1) is 17.6. The van der Waals surface area contributed by atoms with Crippen LogP contribution in [0.3, 0.4) is 0 Å². The van der Waals surface area contributed by atoms with Crippen LogP contribution in [0.1, 0.15) is 31.0 Å². The number of hydrogen-bond donors (Lipinski definition) is 1. The van der Waals surface area contributed by atoms with Gasteiger partial charge in [0.1, 0.15) is 5.15 Å². The van der Waals surface area contributed by atoms with Crippen molar-refractivity contribution in [3.63, 3.8) is 0 Å². The molecule has 0 aliphatic heterocycles. The molecule has 0 aliphatic carbocycles. The molecule has 1 aromatic carbocycles. The van der Waals surface area contributed by atoms with Gasteiger partial charge in [-0.2, -0.15) is 20.0 Å². The Kier molecular flexibility index (Phi) is 5.45. The number of halogens is 1. The number of unbranched alkanes of at least 4 members (excludes halogenated alkanes) is 1. The van der Waals surface area contributed by atoms with Crippen molar-refractivity contribution in [3.8, 4) is 11.4 Å². The van der Waals surface area contributed by atoms with Gasteiger partial charge >= 0.3 is 0 Å². The van der Waals surface area contributed by atoms with Crippen LogP contribution in [0.15, 0.2) is 35.4 Å². The van der Waals surface area contributed by atoms with E-state index in [1.807, 2.05) is 41.9 Å².